The Balaban J connectivity index is 2.73. The molecule has 0 atom stereocenters. The van der Waals surface area contributed by atoms with Gasteiger partial charge in [0.1, 0.15) is 0 Å². The van der Waals surface area contributed by atoms with E-state index in [2.05, 4.69) is 6.92 Å². The van der Waals surface area contributed by atoms with Crippen LogP contribution in [-0.4, -0.2) is 16.8 Å². The normalized spacial score (nSPS) is 9.92. The van der Waals surface area contributed by atoms with Gasteiger partial charge in [-0.15, -0.1) is 0 Å². The number of hydrogen-bond acceptors (Lipinski definition) is 2. The Labute approximate surface area is 82.0 Å². The third kappa shape index (κ3) is 3.11. The van der Waals surface area contributed by atoms with Gasteiger partial charge in [0, 0.05) is 5.75 Å². The summed E-state index contributed by atoms with van der Waals surface area (Å²) in [6.07, 6.45) is 0. The molecule has 0 aromatic heterocycles. The molecule has 13 heavy (non-hydrogen) atoms. The van der Waals surface area contributed by atoms with E-state index in [9.17, 15) is 4.79 Å². The monoisotopic (exact) mass is 196 g/mol. The van der Waals surface area contributed by atoms with Crippen LogP contribution in [0.4, 0.5) is 0 Å². The summed E-state index contributed by atoms with van der Waals surface area (Å²) in [6.45, 7) is 2.09. The van der Waals surface area contributed by atoms with Crippen molar-refractivity contribution in [3.63, 3.8) is 0 Å². The highest BCUT2D eigenvalue weighted by atomic mass is 32.2. The average Bonchev–Trinajstić information content (AvgIpc) is 2.15. The van der Waals surface area contributed by atoms with Crippen molar-refractivity contribution >= 4 is 17.7 Å². The van der Waals surface area contributed by atoms with Crippen molar-refractivity contribution in [1.29, 1.82) is 0 Å². The van der Waals surface area contributed by atoms with E-state index in [0.717, 1.165) is 17.1 Å². The number of benzene rings is 1. The second-order valence-electron chi connectivity index (χ2n) is 2.64. The number of carboxylic acid groups (broad SMARTS) is 1. The number of carbonyl (C=O) groups is 1. The number of carboxylic acids is 1. The molecule has 3 heteroatoms. The molecule has 0 fully saturated rings. The lowest BCUT2D eigenvalue weighted by molar-refractivity contribution is 0.0697. The van der Waals surface area contributed by atoms with Gasteiger partial charge in [-0.3, -0.25) is 0 Å². The molecule has 70 valence electrons. The van der Waals surface area contributed by atoms with Crippen LogP contribution in [0.5, 0.6) is 0 Å². The van der Waals surface area contributed by atoms with Gasteiger partial charge >= 0.3 is 5.97 Å². The Hall–Kier alpha value is -0.960. The van der Waals surface area contributed by atoms with Crippen LogP contribution in [0, 0.1) is 0 Å². The van der Waals surface area contributed by atoms with Crippen LogP contribution in [0.1, 0.15) is 22.8 Å². The fourth-order valence-electron chi connectivity index (χ4n) is 1.01. The molecular weight excluding hydrogens is 184 g/mol. The van der Waals surface area contributed by atoms with Gasteiger partial charge < -0.3 is 5.11 Å². The standard InChI is InChI=1S/C10H12O2S/c1-2-13-7-8-4-3-5-9(6-8)10(11)12/h3-6H,2,7H2,1H3,(H,11,12). The van der Waals surface area contributed by atoms with Crippen molar-refractivity contribution in [2.24, 2.45) is 0 Å². The molecule has 0 aliphatic carbocycles. The summed E-state index contributed by atoms with van der Waals surface area (Å²) in [7, 11) is 0. The predicted octanol–water partition coefficient (Wildman–Crippen LogP) is 2.64. The summed E-state index contributed by atoms with van der Waals surface area (Å²) >= 11 is 1.79. The molecule has 0 bridgehead atoms. The quantitative estimate of drug-likeness (QED) is 0.804. The molecule has 1 N–H and O–H groups in total. The van der Waals surface area contributed by atoms with E-state index in [4.69, 9.17) is 5.11 Å². The zero-order valence-corrected chi connectivity index (χ0v) is 8.30. The van der Waals surface area contributed by atoms with E-state index in [0.29, 0.717) is 5.56 Å². The minimum absolute atomic E-state index is 0.370. The SMILES string of the molecule is CCSCc1cccc(C(=O)O)c1. The largest absolute Gasteiger partial charge is 0.478 e. The minimum atomic E-state index is -0.858. The number of hydrogen-bond donors (Lipinski definition) is 1. The first-order chi connectivity index (χ1) is 6.24. The maximum atomic E-state index is 10.6. The summed E-state index contributed by atoms with van der Waals surface area (Å²) in [5.74, 6) is 1.08. The lowest BCUT2D eigenvalue weighted by Gasteiger charge is -2.00. The summed E-state index contributed by atoms with van der Waals surface area (Å²) < 4.78 is 0. The third-order valence-corrected chi connectivity index (χ3v) is 2.59. The number of rotatable bonds is 4. The first-order valence-corrected chi connectivity index (χ1v) is 5.29. The van der Waals surface area contributed by atoms with E-state index < -0.39 is 5.97 Å². The molecule has 1 aromatic rings. The van der Waals surface area contributed by atoms with Crippen molar-refractivity contribution in [3.8, 4) is 0 Å². The van der Waals surface area contributed by atoms with Gasteiger partial charge in [0.25, 0.3) is 0 Å². The fourth-order valence-corrected chi connectivity index (χ4v) is 1.63. The molecular formula is C10H12O2S. The molecule has 0 aliphatic rings. The van der Waals surface area contributed by atoms with Crippen molar-refractivity contribution in [2.75, 3.05) is 5.75 Å². The van der Waals surface area contributed by atoms with Crippen LogP contribution in [0.2, 0.25) is 0 Å². The molecule has 1 aromatic carbocycles. The Morgan fingerprint density at radius 3 is 2.92 bits per heavy atom. The highest BCUT2D eigenvalue weighted by molar-refractivity contribution is 7.98. The highest BCUT2D eigenvalue weighted by Crippen LogP contribution is 2.13. The smallest absolute Gasteiger partial charge is 0.335 e. The van der Waals surface area contributed by atoms with Crippen LogP contribution >= 0.6 is 11.8 Å². The molecule has 0 aliphatic heterocycles. The molecule has 1 rings (SSSR count). The van der Waals surface area contributed by atoms with E-state index in [-0.39, 0.29) is 0 Å². The number of aromatic carboxylic acids is 1. The summed E-state index contributed by atoms with van der Waals surface area (Å²) in [6, 6.07) is 7.08. The third-order valence-electron chi connectivity index (χ3n) is 1.65. The summed E-state index contributed by atoms with van der Waals surface area (Å²) in [4.78, 5) is 10.6. The highest BCUT2D eigenvalue weighted by Gasteiger charge is 2.02. The van der Waals surface area contributed by atoms with Gasteiger partial charge in [0.15, 0.2) is 0 Å². The van der Waals surface area contributed by atoms with Crippen molar-refractivity contribution in [2.45, 2.75) is 12.7 Å². The lowest BCUT2D eigenvalue weighted by atomic mass is 10.1. The summed E-state index contributed by atoms with van der Waals surface area (Å²) in [5.41, 5.74) is 1.45. The molecule has 0 spiro atoms. The second kappa shape index (κ2) is 4.92. The molecule has 0 amide bonds. The second-order valence-corrected chi connectivity index (χ2v) is 3.92. The van der Waals surface area contributed by atoms with Crippen LogP contribution in [-0.2, 0) is 5.75 Å². The average molecular weight is 196 g/mol. The fraction of sp³-hybridized carbons (Fsp3) is 0.300. The summed E-state index contributed by atoms with van der Waals surface area (Å²) in [5, 5.41) is 8.73. The Morgan fingerprint density at radius 2 is 2.31 bits per heavy atom. The lowest BCUT2D eigenvalue weighted by Crippen LogP contribution is -1.96. The number of thioether (sulfide) groups is 1. The van der Waals surface area contributed by atoms with Crippen molar-refractivity contribution < 1.29 is 9.90 Å². The Bertz CT molecular complexity index is 297. The molecule has 0 saturated carbocycles. The maximum Gasteiger partial charge on any atom is 0.335 e. The van der Waals surface area contributed by atoms with Gasteiger partial charge in [0.2, 0.25) is 0 Å². The van der Waals surface area contributed by atoms with Crippen LogP contribution < -0.4 is 0 Å². The first-order valence-electron chi connectivity index (χ1n) is 4.14. The van der Waals surface area contributed by atoms with Crippen molar-refractivity contribution in [1.82, 2.24) is 0 Å². The predicted molar refractivity (Wildman–Crippen MR) is 55.2 cm³/mol. The van der Waals surface area contributed by atoms with Crippen LogP contribution in [0.3, 0.4) is 0 Å². The molecule has 0 radical (unpaired) electrons. The minimum Gasteiger partial charge on any atom is -0.478 e. The van der Waals surface area contributed by atoms with Gasteiger partial charge in [-0.25, -0.2) is 4.79 Å². The van der Waals surface area contributed by atoms with Crippen LogP contribution in [0.25, 0.3) is 0 Å². The van der Waals surface area contributed by atoms with E-state index in [1.807, 2.05) is 6.07 Å². The van der Waals surface area contributed by atoms with Gasteiger partial charge in [0.05, 0.1) is 5.56 Å². The van der Waals surface area contributed by atoms with Crippen molar-refractivity contribution in [3.05, 3.63) is 35.4 Å². The van der Waals surface area contributed by atoms with E-state index >= 15 is 0 Å². The van der Waals surface area contributed by atoms with E-state index in [1.165, 1.54) is 0 Å². The van der Waals surface area contributed by atoms with Crippen LogP contribution in [0.15, 0.2) is 24.3 Å². The Morgan fingerprint density at radius 1 is 1.54 bits per heavy atom. The zero-order chi connectivity index (χ0) is 9.68. The molecule has 0 unspecified atom stereocenters. The van der Waals surface area contributed by atoms with E-state index in [1.54, 1.807) is 30.0 Å². The molecule has 0 heterocycles. The van der Waals surface area contributed by atoms with Gasteiger partial charge in [-0.2, -0.15) is 11.8 Å². The molecule has 2 nitrogen and oxygen atoms in total. The van der Waals surface area contributed by atoms with Gasteiger partial charge in [-0.1, -0.05) is 19.1 Å². The zero-order valence-electron chi connectivity index (χ0n) is 7.49. The topological polar surface area (TPSA) is 37.3 Å². The van der Waals surface area contributed by atoms with Gasteiger partial charge in [-0.05, 0) is 23.4 Å². The molecule has 0 saturated heterocycles. The maximum absolute atomic E-state index is 10.6. The Kier molecular flexibility index (Phi) is 3.83. The first kappa shape index (κ1) is 10.1.